The van der Waals surface area contributed by atoms with Crippen LogP contribution < -0.4 is 4.90 Å². The Kier molecular flexibility index (Phi) is 6.90. The van der Waals surface area contributed by atoms with E-state index in [-0.39, 0.29) is 18.1 Å². The van der Waals surface area contributed by atoms with Crippen LogP contribution in [0.2, 0.25) is 10.0 Å². The van der Waals surface area contributed by atoms with Crippen LogP contribution in [-0.4, -0.2) is 36.0 Å². The number of hydrogen-bond donors (Lipinski definition) is 0. The molecule has 0 spiro atoms. The third kappa shape index (κ3) is 4.98. The Morgan fingerprint density at radius 1 is 1.00 bits per heavy atom. The highest BCUT2D eigenvalue weighted by molar-refractivity contribution is 6.33. The second-order valence-corrected chi connectivity index (χ2v) is 6.63. The number of piperazine rings is 1. The van der Waals surface area contributed by atoms with E-state index in [4.69, 9.17) is 23.2 Å². The van der Waals surface area contributed by atoms with E-state index in [1.807, 2.05) is 24.3 Å². The number of nitrogens with zero attached hydrogens (tertiary/aromatic N) is 3. The molecule has 8 heteroatoms. The third-order valence-electron chi connectivity index (χ3n) is 4.17. The van der Waals surface area contributed by atoms with Gasteiger partial charge in [-0.3, -0.25) is 15.0 Å². The van der Waals surface area contributed by atoms with Crippen molar-refractivity contribution in [3.63, 3.8) is 0 Å². The number of benzene rings is 2. The van der Waals surface area contributed by atoms with Crippen molar-refractivity contribution < 1.29 is 4.92 Å². The lowest BCUT2D eigenvalue weighted by Gasteiger charge is -2.36. The van der Waals surface area contributed by atoms with Gasteiger partial charge in [-0.2, -0.15) is 0 Å². The maximum absolute atomic E-state index is 10.8. The van der Waals surface area contributed by atoms with Crippen LogP contribution in [0, 0.1) is 10.1 Å². The topological polar surface area (TPSA) is 49.6 Å². The van der Waals surface area contributed by atoms with Crippen molar-refractivity contribution in [2.75, 3.05) is 31.1 Å². The molecule has 0 N–H and O–H groups in total. The van der Waals surface area contributed by atoms with Crippen LogP contribution in [0.4, 0.5) is 11.4 Å². The molecule has 1 fully saturated rings. The summed E-state index contributed by atoms with van der Waals surface area (Å²) in [5.74, 6) is 0. The fourth-order valence-corrected chi connectivity index (χ4v) is 3.28. The summed E-state index contributed by atoms with van der Waals surface area (Å²) in [6.07, 6.45) is 0. The van der Waals surface area contributed by atoms with Crippen LogP contribution in [0.1, 0.15) is 5.56 Å². The van der Waals surface area contributed by atoms with Gasteiger partial charge in [0, 0.05) is 49.9 Å². The van der Waals surface area contributed by atoms with Gasteiger partial charge in [-0.1, -0.05) is 35.3 Å². The molecule has 1 heterocycles. The Hall–Kier alpha value is -1.53. The molecule has 0 atom stereocenters. The predicted octanol–water partition coefficient (Wildman–Crippen LogP) is 4.65. The van der Waals surface area contributed by atoms with Crippen LogP contribution in [0.25, 0.3) is 0 Å². The molecule has 0 radical (unpaired) electrons. The van der Waals surface area contributed by atoms with Gasteiger partial charge in [-0.05, 0) is 23.8 Å². The summed E-state index contributed by atoms with van der Waals surface area (Å²) in [6.45, 7) is 4.39. The molecule has 2 aromatic rings. The van der Waals surface area contributed by atoms with Crippen molar-refractivity contribution in [3.05, 3.63) is 68.2 Å². The van der Waals surface area contributed by atoms with Crippen molar-refractivity contribution in [1.82, 2.24) is 4.90 Å². The lowest BCUT2D eigenvalue weighted by molar-refractivity contribution is -0.384. The number of hydrogen-bond acceptors (Lipinski definition) is 4. The van der Waals surface area contributed by atoms with Gasteiger partial charge < -0.3 is 4.90 Å². The average molecular weight is 403 g/mol. The van der Waals surface area contributed by atoms with E-state index in [1.54, 1.807) is 6.07 Å². The maximum atomic E-state index is 10.8. The third-order valence-corrected chi connectivity index (χ3v) is 4.73. The summed E-state index contributed by atoms with van der Waals surface area (Å²) in [5, 5.41) is 12.0. The molecule has 0 saturated carbocycles. The lowest BCUT2D eigenvalue weighted by Crippen LogP contribution is -2.46. The molecule has 0 unspecified atom stereocenters. The van der Waals surface area contributed by atoms with Crippen LogP contribution in [0.15, 0.2) is 42.5 Å². The second-order valence-electron chi connectivity index (χ2n) is 5.78. The van der Waals surface area contributed by atoms with E-state index in [0.717, 1.165) is 43.4 Å². The van der Waals surface area contributed by atoms with Gasteiger partial charge in [0.15, 0.2) is 0 Å². The molecule has 25 heavy (non-hydrogen) atoms. The van der Waals surface area contributed by atoms with Crippen molar-refractivity contribution in [2.24, 2.45) is 0 Å². The van der Waals surface area contributed by atoms with E-state index in [2.05, 4.69) is 9.80 Å². The first-order chi connectivity index (χ1) is 11.5. The van der Waals surface area contributed by atoms with Gasteiger partial charge >= 0.3 is 0 Å². The standard InChI is InChI=1S/C17H17Cl2N3O2.ClH/c18-14-3-1-13(2-4-14)12-20-7-9-21(10-8-20)17-6-5-15(22(23)24)11-16(17)19;/h1-6,11H,7-10,12H2;1H. The Bertz CT molecular complexity index is 732. The SMILES string of the molecule is Cl.O=[N+]([O-])c1ccc(N2CCN(Cc3ccc(Cl)cc3)CC2)c(Cl)c1. The van der Waals surface area contributed by atoms with Gasteiger partial charge in [0.25, 0.3) is 5.69 Å². The molecule has 5 nitrogen and oxygen atoms in total. The monoisotopic (exact) mass is 401 g/mol. The number of nitro benzene ring substituents is 1. The Morgan fingerprint density at radius 2 is 1.64 bits per heavy atom. The fourth-order valence-electron chi connectivity index (χ4n) is 2.86. The number of non-ortho nitro benzene ring substituents is 1. The molecule has 1 aliphatic rings. The van der Waals surface area contributed by atoms with E-state index in [9.17, 15) is 10.1 Å². The Balaban J connectivity index is 0.00000225. The fraction of sp³-hybridized carbons (Fsp3) is 0.294. The molecular weight excluding hydrogens is 385 g/mol. The van der Waals surface area contributed by atoms with Gasteiger partial charge in [-0.15, -0.1) is 12.4 Å². The zero-order valence-electron chi connectivity index (χ0n) is 13.4. The number of halogens is 3. The van der Waals surface area contributed by atoms with Crippen LogP contribution >= 0.6 is 35.6 Å². The molecule has 1 saturated heterocycles. The summed E-state index contributed by atoms with van der Waals surface area (Å²) in [7, 11) is 0. The largest absolute Gasteiger partial charge is 0.368 e. The van der Waals surface area contributed by atoms with Gasteiger partial charge in [0.05, 0.1) is 15.6 Å². The first-order valence-corrected chi connectivity index (χ1v) is 8.44. The smallest absolute Gasteiger partial charge is 0.271 e. The van der Waals surface area contributed by atoms with Gasteiger partial charge in [0.2, 0.25) is 0 Å². The normalized spacial score (nSPS) is 14.9. The Labute approximate surface area is 162 Å². The van der Waals surface area contributed by atoms with E-state index in [1.165, 1.54) is 17.7 Å². The van der Waals surface area contributed by atoms with Crippen LogP contribution in [-0.2, 0) is 6.54 Å². The molecule has 134 valence electrons. The van der Waals surface area contributed by atoms with E-state index in [0.29, 0.717) is 5.02 Å². The molecular formula is C17H18Cl3N3O2. The van der Waals surface area contributed by atoms with Gasteiger partial charge in [0.1, 0.15) is 0 Å². The second kappa shape index (κ2) is 8.72. The maximum Gasteiger partial charge on any atom is 0.271 e. The summed E-state index contributed by atoms with van der Waals surface area (Å²) in [5.41, 5.74) is 2.11. The Morgan fingerprint density at radius 3 is 2.20 bits per heavy atom. The number of anilines is 1. The summed E-state index contributed by atoms with van der Waals surface area (Å²) < 4.78 is 0. The zero-order valence-corrected chi connectivity index (χ0v) is 15.7. The minimum absolute atomic E-state index is 0. The first-order valence-electron chi connectivity index (χ1n) is 7.68. The minimum Gasteiger partial charge on any atom is -0.368 e. The molecule has 2 aromatic carbocycles. The van der Waals surface area contributed by atoms with Crippen LogP contribution in [0.5, 0.6) is 0 Å². The van der Waals surface area contributed by atoms with Crippen molar-refractivity contribution in [1.29, 1.82) is 0 Å². The molecule has 0 bridgehead atoms. The first kappa shape index (κ1) is 19.8. The molecule has 0 aliphatic carbocycles. The number of nitro groups is 1. The molecule has 1 aliphatic heterocycles. The molecule has 0 aromatic heterocycles. The van der Waals surface area contributed by atoms with Crippen molar-refractivity contribution >= 4 is 47.0 Å². The van der Waals surface area contributed by atoms with E-state index < -0.39 is 4.92 Å². The summed E-state index contributed by atoms with van der Waals surface area (Å²) in [4.78, 5) is 14.9. The highest BCUT2D eigenvalue weighted by atomic mass is 35.5. The zero-order chi connectivity index (χ0) is 17.1. The highest BCUT2D eigenvalue weighted by Gasteiger charge is 2.20. The van der Waals surface area contributed by atoms with Crippen molar-refractivity contribution in [2.45, 2.75) is 6.54 Å². The number of rotatable bonds is 4. The predicted molar refractivity (Wildman–Crippen MR) is 104 cm³/mol. The average Bonchev–Trinajstić information content (AvgIpc) is 2.58. The summed E-state index contributed by atoms with van der Waals surface area (Å²) in [6, 6.07) is 12.5. The van der Waals surface area contributed by atoms with Crippen LogP contribution in [0.3, 0.4) is 0 Å². The van der Waals surface area contributed by atoms with E-state index >= 15 is 0 Å². The van der Waals surface area contributed by atoms with Crippen molar-refractivity contribution in [3.8, 4) is 0 Å². The van der Waals surface area contributed by atoms with Gasteiger partial charge in [-0.25, -0.2) is 0 Å². The minimum atomic E-state index is -0.431. The quantitative estimate of drug-likeness (QED) is 0.552. The highest BCUT2D eigenvalue weighted by Crippen LogP contribution is 2.30. The summed E-state index contributed by atoms with van der Waals surface area (Å²) >= 11 is 12.1. The lowest BCUT2D eigenvalue weighted by atomic mass is 10.2. The molecule has 0 amide bonds. The molecule has 3 rings (SSSR count).